The zero-order valence-electron chi connectivity index (χ0n) is 19.1. The predicted octanol–water partition coefficient (Wildman–Crippen LogP) is 5.60. The molecule has 0 radical (unpaired) electrons. The van der Waals surface area contributed by atoms with Gasteiger partial charge in [0.1, 0.15) is 5.75 Å². The maximum absolute atomic E-state index is 12.7. The van der Waals surface area contributed by atoms with E-state index in [1.54, 1.807) is 7.11 Å². The molecule has 1 amide bonds. The summed E-state index contributed by atoms with van der Waals surface area (Å²) < 4.78 is 7.36. The van der Waals surface area contributed by atoms with Crippen molar-refractivity contribution < 1.29 is 9.53 Å². The number of carbonyl (C=O) groups is 1. The van der Waals surface area contributed by atoms with Gasteiger partial charge >= 0.3 is 0 Å². The van der Waals surface area contributed by atoms with Crippen LogP contribution in [0.25, 0.3) is 17.1 Å². The highest BCUT2D eigenvalue weighted by Crippen LogP contribution is 2.29. The molecule has 1 heterocycles. The first-order valence-corrected chi connectivity index (χ1v) is 11.6. The van der Waals surface area contributed by atoms with Crippen LogP contribution in [0.3, 0.4) is 0 Å². The van der Waals surface area contributed by atoms with Gasteiger partial charge in [-0.15, -0.1) is 10.2 Å². The molecule has 3 aromatic carbocycles. The van der Waals surface area contributed by atoms with Gasteiger partial charge in [0.15, 0.2) is 11.0 Å². The molecule has 0 aliphatic carbocycles. The zero-order chi connectivity index (χ0) is 23.4. The largest absolute Gasteiger partial charge is 0.495 e. The third-order valence-electron chi connectivity index (χ3n) is 5.20. The van der Waals surface area contributed by atoms with E-state index in [1.165, 1.54) is 22.9 Å². The number of nitrogens with one attached hydrogen (secondary N) is 1. The number of nitrogens with zero attached hydrogens (tertiary/aromatic N) is 3. The van der Waals surface area contributed by atoms with Gasteiger partial charge in [0.2, 0.25) is 5.91 Å². The van der Waals surface area contributed by atoms with Gasteiger partial charge in [-0.05, 0) is 50.6 Å². The predicted molar refractivity (Wildman–Crippen MR) is 133 cm³/mol. The van der Waals surface area contributed by atoms with Crippen LogP contribution in [0.1, 0.15) is 16.7 Å². The Kier molecular flexibility index (Phi) is 6.79. The molecule has 6 nitrogen and oxygen atoms in total. The number of methoxy groups -OCH3 is 1. The lowest BCUT2D eigenvalue weighted by Gasteiger charge is -2.12. The monoisotopic (exact) mass is 458 g/mol. The van der Waals surface area contributed by atoms with Crippen molar-refractivity contribution in [3.05, 3.63) is 83.4 Å². The smallest absolute Gasteiger partial charge is 0.234 e. The zero-order valence-corrected chi connectivity index (χ0v) is 19.9. The molecule has 7 heteroatoms. The Labute approximate surface area is 198 Å². The van der Waals surface area contributed by atoms with E-state index in [2.05, 4.69) is 53.6 Å². The number of thioether (sulfide) groups is 1. The first kappa shape index (κ1) is 22.6. The molecule has 0 fully saturated rings. The van der Waals surface area contributed by atoms with E-state index in [4.69, 9.17) is 4.74 Å². The molecule has 0 aliphatic heterocycles. The fourth-order valence-electron chi connectivity index (χ4n) is 3.42. The van der Waals surface area contributed by atoms with Crippen LogP contribution in [0.2, 0.25) is 0 Å². The minimum absolute atomic E-state index is 0.140. The number of benzene rings is 3. The Bertz CT molecular complexity index is 1260. The van der Waals surface area contributed by atoms with E-state index in [0.29, 0.717) is 16.6 Å². The van der Waals surface area contributed by atoms with E-state index >= 15 is 0 Å². The summed E-state index contributed by atoms with van der Waals surface area (Å²) in [7, 11) is 1.59. The summed E-state index contributed by atoms with van der Waals surface area (Å²) >= 11 is 1.35. The molecule has 0 atom stereocenters. The lowest BCUT2D eigenvalue weighted by molar-refractivity contribution is -0.113. The van der Waals surface area contributed by atoms with Gasteiger partial charge < -0.3 is 10.1 Å². The summed E-state index contributed by atoms with van der Waals surface area (Å²) in [4.78, 5) is 12.7. The Morgan fingerprint density at radius 1 is 0.909 bits per heavy atom. The lowest BCUT2D eigenvalue weighted by atomic mass is 10.1. The Hall–Kier alpha value is -3.58. The molecule has 0 saturated heterocycles. The highest BCUT2D eigenvalue weighted by Gasteiger charge is 2.18. The molecule has 168 valence electrons. The third-order valence-corrected chi connectivity index (χ3v) is 6.13. The van der Waals surface area contributed by atoms with Crippen LogP contribution in [-0.4, -0.2) is 33.5 Å². The van der Waals surface area contributed by atoms with Gasteiger partial charge in [-0.25, -0.2) is 0 Å². The minimum atomic E-state index is -0.140. The van der Waals surface area contributed by atoms with Crippen molar-refractivity contribution >= 4 is 23.4 Å². The number of anilines is 1. The van der Waals surface area contributed by atoms with Crippen molar-refractivity contribution in [2.24, 2.45) is 0 Å². The summed E-state index contributed by atoms with van der Waals surface area (Å²) in [6.07, 6.45) is 0. The fraction of sp³-hybridized carbons (Fsp3) is 0.192. The number of rotatable bonds is 7. The SMILES string of the molecule is COc1ccc(C)cc1NC(=O)CSc1nnc(-c2ccc(C)cc2)n1-c1ccc(C)cc1. The maximum Gasteiger partial charge on any atom is 0.234 e. The third kappa shape index (κ3) is 5.26. The van der Waals surface area contributed by atoms with Gasteiger partial charge in [0.05, 0.1) is 18.6 Å². The van der Waals surface area contributed by atoms with Crippen molar-refractivity contribution in [2.45, 2.75) is 25.9 Å². The molecule has 33 heavy (non-hydrogen) atoms. The quantitative estimate of drug-likeness (QED) is 0.365. The van der Waals surface area contributed by atoms with Crippen LogP contribution in [0.15, 0.2) is 71.9 Å². The second-order valence-electron chi connectivity index (χ2n) is 7.88. The number of ether oxygens (including phenoxy) is 1. The van der Waals surface area contributed by atoms with Crippen molar-refractivity contribution in [3.63, 3.8) is 0 Å². The Morgan fingerprint density at radius 3 is 2.21 bits per heavy atom. The molecule has 4 aromatic rings. The topological polar surface area (TPSA) is 69.0 Å². The summed E-state index contributed by atoms with van der Waals surface area (Å²) in [5, 5.41) is 12.5. The van der Waals surface area contributed by atoms with E-state index < -0.39 is 0 Å². The van der Waals surface area contributed by atoms with Crippen LogP contribution in [0.5, 0.6) is 5.75 Å². The summed E-state index contributed by atoms with van der Waals surface area (Å²) in [6.45, 7) is 6.08. The van der Waals surface area contributed by atoms with Gasteiger partial charge in [-0.3, -0.25) is 9.36 Å². The molecule has 0 spiro atoms. The molecule has 1 N–H and O–H groups in total. The second-order valence-corrected chi connectivity index (χ2v) is 8.83. The van der Waals surface area contributed by atoms with Gasteiger partial charge in [0, 0.05) is 11.3 Å². The van der Waals surface area contributed by atoms with Crippen molar-refractivity contribution in [2.75, 3.05) is 18.2 Å². The van der Waals surface area contributed by atoms with E-state index in [0.717, 1.165) is 22.6 Å². The molecular weight excluding hydrogens is 432 g/mol. The molecule has 0 bridgehead atoms. The lowest BCUT2D eigenvalue weighted by Crippen LogP contribution is -2.15. The summed E-state index contributed by atoms with van der Waals surface area (Å²) in [5.74, 6) is 1.42. The summed E-state index contributed by atoms with van der Waals surface area (Å²) in [5.41, 5.74) is 5.96. The fourth-order valence-corrected chi connectivity index (χ4v) is 4.17. The van der Waals surface area contributed by atoms with Gasteiger partial charge in [0.25, 0.3) is 0 Å². The highest BCUT2D eigenvalue weighted by molar-refractivity contribution is 7.99. The molecule has 4 rings (SSSR count). The molecule has 0 aliphatic rings. The minimum Gasteiger partial charge on any atom is -0.495 e. The first-order chi connectivity index (χ1) is 15.9. The Balaban J connectivity index is 1.60. The molecular formula is C26H26N4O2S. The molecule has 1 aromatic heterocycles. The average Bonchev–Trinajstić information content (AvgIpc) is 3.23. The van der Waals surface area contributed by atoms with Crippen molar-refractivity contribution in [3.8, 4) is 22.8 Å². The molecule has 0 unspecified atom stereocenters. The standard InChI is InChI=1S/C26H26N4O2S/c1-17-5-10-20(11-6-17)25-28-29-26(30(25)21-12-7-18(2)8-13-21)33-16-24(31)27-22-15-19(3)9-14-23(22)32-4/h5-15H,16H2,1-4H3,(H,27,31). The highest BCUT2D eigenvalue weighted by atomic mass is 32.2. The maximum atomic E-state index is 12.7. The number of carbonyl (C=O) groups excluding carboxylic acids is 1. The van der Waals surface area contributed by atoms with Gasteiger partial charge in [-0.2, -0.15) is 0 Å². The van der Waals surface area contributed by atoms with Crippen molar-refractivity contribution in [1.29, 1.82) is 0 Å². The average molecular weight is 459 g/mol. The van der Waals surface area contributed by atoms with Crippen LogP contribution >= 0.6 is 11.8 Å². The van der Waals surface area contributed by atoms with Crippen LogP contribution in [0.4, 0.5) is 5.69 Å². The van der Waals surface area contributed by atoms with Crippen LogP contribution in [0, 0.1) is 20.8 Å². The molecule has 0 saturated carbocycles. The van der Waals surface area contributed by atoms with E-state index in [9.17, 15) is 4.79 Å². The first-order valence-electron chi connectivity index (χ1n) is 10.6. The number of hydrogen-bond donors (Lipinski definition) is 1. The normalized spacial score (nSPS) is 10.8. The van der Waals surface area contributed by atoms with Crippen LogP contribution in [-0.2, 0) is 4.79 Å². The number of amides is 1. The second kappa shape index (κ2) is 9.92. The van der Waals surface area contributed by atoms with Crippen LogP contribution < -0.4 is 10.1 Å². The number of aryl methyl sites for hydroxylation is 3. The number of aromatic nitrogens is 3. The summed E-state index contributed by atoms with van der Waals surface area (Å²) in [6, 6.07) is 22.1. The number of hydrogen-bond acceptors (Lipinski definition) is 5. The Morgan fingerprint density at radius 2 is 1.55 bits per heavy atom. The van der Waals surface area contributed by atoms with Gasteiger partial charge in [-0.1, -0.05) is 65.4 Å². The van der Waals surface area contributed by atoms with E-state index in [1.807, 2.05) is 54.0 Å². The van der Waals surface area contributed by atoms with Crippen molar-refractivity contribution in [1.82, 2.24) is 14.8 Å². The van der Waals surface area contributed by atoms with E-state index in [-0.39, 0.29) is 11.7 Å².